The largest absolute Gasteiger partial charge is 0.494 e. The van der Waals surface area contributed by atoms with Crippen molar-refractivity contribution in [3.63, 3.8) is 0 Å². The maximum Gasteiger partial charge on any atom is 0.268 e. The first-order valence-corrected chi connectivity index (χ1v) is 9.44. The summed E-state index contributed by atoms with van der Waals surface area (Å²) in [4.78, 5) is 16.3. The molecular formula is C17H24FN3O2S. The fourth-order valence-corrected chi connectivity index (χ4v) is 4.15. The molecule has 0 aromatic heterocycles. The van der Waals surface area contributed by atoms with E-state index in [2.05, 4.69) is 4.90 Å². The minimum Gasteiger partial charge on any atom is -0.494 e. The van der Waals surface area contributed by atoms with E-state index >= 15 is 0 Å². The van der Waals surface area contributed by atoms with Gasteiger partial charge in [0.15, 0.2) is 0 Å². The number of thioether (sulfide) groups is 1. The monoisotopic (exact) mass is 353 g/mol. The number of anilines is 1. The molecule has 2 aliphatic rings. The van der Waals surface area contributed by atoms with E-state index in [9.17, 15) is 9.18 Å². The number of benzene rings is 1. The highest BCUT2D eigenvalue weighted by molar-refractivity contribution is 8.00. The van der Waals surface area contributed by atoms with Gasteiger partial charge in [-0.05, 0) is 37.6 Å². The highest BCUT2D eigenvalue weighted by atomic mass is 32.2. The van der Waals surface area contributed by atoms with Crippen LogP contribution in [0.2, 0.25) is 0 Å². The summed E-state index contributed by atoms with van der Waals surface area (Å²) in [5, 5.41) is 0. The average Bonchev–Trinajstić information content (AvgIpc) is 3.20. The van der Waals surface area contributed by atoms with E-state index in [0.29, 0.717) is 25.4 Å². The molecule has 0 aliphatic carbocycles. The van der Waals surface area contributed by atoms with Gasteiger partial charge in [-0.2, -0.15) is 0 Å². The average molecular weight is 353 g/mol. The van der Waals surface area contributed by atoms with Crippen molar-refractivity contribution in [1.29, 1.82) is 0 Å². The van der Waals surface area contributed by atoms with Gasteiger partial charge in [0, 0.05) is 37.1 Å². The molecule has 1 aromatic rings. The third-order valence-corrected chi connectivity index (χ3v) is 5.54. The summed E-state index contributed by atoms with van der Waals surface area (Å²) in [5.41, 5.74) is 5.01. The Balaban J connectivity index is 1.59. The zero-order chi connectivity index (χ0) is 17.1. The van der Waals surface area contributed by atoms with Crippen LogP contribution in [-0.4, -0.2) is 60.4 Å². The zero-order valence-electron chi connectivity index (χ0n) is 13.9. The van der Waals surface area contributed by atoms with Crippen LogP contribution >= 0.6 is 11.8 Å². The van der Waals surface area contributed by atoms with Gasteiger partial charge < -0.3 is 20.3 Å². The first kappa shape index (κ1) is 17.4. The second-order valence-corrected chi connectivity index (χ2v) is 7.24. The van der Waals surface area contributed by atoms with Crippen LogP contribution in [0.25, 0.3) is 0 Å². The number of likely N-dealkylation sites (tertiary alicyclic amines) is 1. The van der Waals surface area contributed by atoms with Crippen molar-refractivity contribution in [2.24, 2.45) is 5.73 Å². The van der Waals surface area contributed by atoms with Crippen molar-refractivity contribution in [3.05, 3.63) is 24.3 Å². The summed E-state index contributed by atoms with van der Waals surface area (Å²) in [6.45, 7) is 4.36. The fourth-order valence-electron chi connectivity index (χ4n) is 3.53. The number of hydrogen-bond acceptors (Lipinski definition) is 5. The number of rotatable bonds is 7. The van der Waals surface area contributed by atoms with Crippen molar-refractivity contribution in [2.45, 2.75) is 30.9 Å². The van der Waals surface area contributed by atoms with Crippen molar-refractivity contribution in [2.75, 3.05) is 36.9 Å². The number of hydrogen-bond donors (Lipinski definition) is 1. The lowest BCUT2D eigenvalue weighted by molar-refractivity contribution is -0.134. The van der Waals surface area contributed by atoms with E-state index < -0.39 is 11.4 Å². The number of nitrogens with zero attached hydrogens (tertiary/aromatic N) is 2. The molecule has 0 saturated carbocycles. The Hall–Kier alpha value is -1.47. The Morgan fingerprint density at radius 3 is 2.71 bits per heavy atom. The minimum absolute atomic E-state index is 0.103. The van der Waals surface area contributed by atoms with Crippen LogP contribution < -0.4 is 15.4 Å². The van der Waals surface area contributed by atoms with E-state index in [4.69, 9.17) is 10.5 Å². The van der Waals surface area contributed by atoms with Gasteiger partial charge in [-0.25, -0.2) is 4.39 Å². The summed E-state index contributed by atoms with van der Waals surface area (Å²) >= 11 is 0.992. The summed E-state index contributed by atoms with van der Waals surface area (Å²) in [5.74, 6) is 0.930. The molecule has 0 spiro atoms. The summed E-state index contributed by atoms with van der Waals surface area (Å²) in [6.07, 6.45) is 0.910. The third kappa shape index (κ3) is 3.47. The van der Waals surface area contributed by atoms with Gasteiger partial charge in [-0.15, -0.1) is 11.8 Å². The molecule has 3 atom stereocenters. The molecule has 2 heterocycles. The number of ether oxygens (including phenoxy) is 1. The Bertz CT molecular complexity index is 571. The molecule has 132 valence electrons. The van der Waals surface area contributed by atoms with Crippen molar-refractivity contribution in [3.8, 4) is 5.75 Å². The number of piperazine rings is 1. The normalized spacial score (nSPS) is 23.6. The van der Waals surface area contributed by atoms with Crippen LogP contribution in [-0.2, 0) is 4.79 Å². The van der Waals surface area contributed by atoms with Gasteiger partial charge in [0.1, 0.15) is 5.75 Å². The molecule has 3 unspecified atom stereocenters. The van der Waals surface area contributed by atoms with E-state index in [1.807, 2.05) is 31.2 Å². The molecule has 5 nitrogen and oxygen atoms in total. The Morgan fingerprint density at radius 1 is 1.38 bits per heavy atom. The number of carbonyl (C=O) groups is 1. The molecular weight excluding hydrogens is 329 g/mol. The first-order chi connectivity index (χ1) is 11.6. The molecule has 2 bridgehead atoms. The second kappa shape index (κ2) is 7.61. The lowest BCUT2D eigenvalue weighted by Gasteiger charge is -2.36. The summed E-state index contributed by atoms with van der Waals surface area (Å²) in [7, 11) is 0. The number of nitrogens with two attached hydrogens (primary N) is 1. The maximum absolute atomic E-state index is 14.0. The molecule has 3 rings (SSSR count). The number of amides is 1. The Morgan fingerprint density at radius 2 is 2.12 bits per heavy atom. The topological polar surface area (TPSA) is 58.8 Å². The maximum atomic E-state index is 14.0. The van der Waals surface area contributed by atoms with E-state index in [1.54, 1.807) is 4.90 Å². The van der Waals surface area contributed by atoms with Gasteiger partial charge in [0.05, 0.1) is 12.6 Å². The number of halogens is 1. The third-order valence-electron chi connectivity index (χ3n) is 4.58. The smallest absolute Gasteiger partial charge is 0.268 e. The molecule has 7 heteroatoms. The molecule has 2 N–H and O–H groups in total. The Kier molecular flexibility index (Phi) is 5.50. The minimum atomic E-state index is -1.49. The van der Waals surface area contributed by atoms with Crippen LogP contribution in [0.4, 0.5) is 10.1 Å². The van der Waals surface area contributed by atoms with Gasteiger partial charge in [0.25, 0.3) is 5.91 Å². The molecule has 2 saturated heterocycles. The standard InChI is InChI=1S/C17H24FN3O2S/c1-2-23-15-5-3-12(4-6-15)20-10-14-9-13(20)11-21(14)17(22)16(18)24-8-7-19/h3-6,13-14,16H,2,7-11,19H2,1H3. The number of alkyl halides is 1. The van der Waals surface area contributed by atoms with Gasteiger partial charge in [-0.3, -0.25) is 4.79 Å². The molecule has 1 amide bonds. The second-order valence-electron chi connectivity index (χ2n) is 6.09. The lowest BCUT2D eigenvalue weighted by atomic mass is 10.2. The van der Waals surface area contributed by atoms with Crippen LogP contribution in [0.1, 0.15) is 13.3 Å². The van der Waals surface area contributed by atoms with Crippen molar-refractivity contribution in [1.82, 2.24) is 4.90 Å². The van der Waals surface area contributed by atoms with Gasteiger partial charge in [-0.1, -0.05) is 0 Å². The van der Waals surface area contributed by atoms with Crippen LogP contribution in [0.5, 0.6) is 5.75 Å². The van der Waals surface area contributed by atoms with Gasteiger partial charge >= 0.3 is 0 Å². The van der Waals surface area contributed by atoms with Gasteiger partial charge in [0.2, 0.25) is 5.50 Å². The molecule has 1 aromatic carbocycles. The van der Waals surface area contributed by atoms with Crippen molar-refractivity contribution >= 4 is 23.4 Å². The molecule has 0 radical (unpaired) electrons. The summed E-state index contributed by atoms with van der Waals surface area (Å²) in [6, 6.07) is 8.40. The number of carbonyl (C=O) groups excluding carboxylic acids is 1. The molecule has 2 aliphatic heterocycles. The highest BCUT2D eigenvalue weighted by Gasteiger charge is 2.46. The predicted octanol–water partition coefficient (Wildman–Crippen LogP) is 1.86. The van der Waals surface area contributed by atoms with Crippen molar-refractivity contribution < 1.29 is 13.9 Å². The van der Waals surface area contributed by atoms with Crippen LogP contribution in [0.3, 0.4) is 0 Å². The van der Waals surface area contributed by atoms with E-state index in [1.165, 1.54) is 0 Å². The van der Waals surface area contributed by atoms with Crippen LogP contribution in [0.15, 0.2) is 24.3 Å². The highest BCUT2D eigenvalue weighted by Crippen LogP contribution is 2.36. The van der Waals surface area contributed by atoms with Crippen LogP contribution in [0, 0.1) is 0 Å². The molecule has 2 fully saturated rings. The van der Waals surface area contributed by atoms with E-state index in [-0.39, 0.29) is 12.1 Å². The van der Waals surface area contributed by atoms with E-state index in [0.717, 1.165) is 36.2 Å². The predicted molar refractivity (Wildman–Crippen MR) is 95.3 cm³/mol. The fraction of sp³-hybridized carbons (Fsp3) is 0.588. The quantitative estimate of drug-likeness (QED) is 0.811. The molecule has 24 heavy (non-hydrogen) atoms. The first-order valence-electron chi connectivity index (χ1n) is 8.39. The Labute approximate surface area is 146 Å². The number of fused-ring (bicyclic) bond motifs is 2. The lowest BCUT2D eigenvalue weighted by Crippen LogP contribution is -2.50. The SMILES string of the molecule is CCOc1ccc(N2CC3CC2CN3C(=O)C(F)SCCN)cc1. The summed E-state index contributed by atoms with van der Waals surface area (Å²) < 4.78 is 19.5. The zero-order valence-corrected chi connectivity index (χ0v) is 14.7.